The Balaban J connectivity index is 0.00000161. The van der Waals surface area contributed by atoms with Crippen LogP contribution in [0.3, 0.4) is 0 Å². The van der Waals surface area contributed by atoms with E-state index in [9.17, 15) is 0 Å². The van der Waals surface area contributed by atoms with Crippen molar-refractivity contribution in [2.24, 2.45) is 0 Å². The van der Waals surface area contributed by atoms with Crippen molar-refractivity contribution in [2.75, 3.05) is 5.32 Å². The minimum atomic E-state index is 0. The third-order valence-corrected chi connectivity index (χ3v) is 4.18. The summed E-state index contributed by atoms with van der Waals surface area (Å²) >= 11 is 7.78. The van der Waals surface area contributed by atoms with Gasteiger partial charge in [-0.15, -0.1) is 28.3 Å². The molecule has 0 unspecified atom stereocenters. The molecule has 0 aliphatic carbocycles. The Labute approximate surface area is 143 Å². The average Bonchev–Trinajstić information content (AvgIpc) is 2.83. The standard InChI is InChI=1S/C16H13ClN2S.BrH/c1-11-15(12-7-3-2-4-8-12)19-16(20-11)18-14-10-6-5-9-13(14)17;/h2-10H,1H3,(H,18,19);1H. The first-order chi connectivity index (χ1) is 9.74. The maximum atomic E-state index is 6.15. The second-order valence-corrected chi connectivity index (χ2v) is 6.01. The Morgan fingerprint density at radius 1 is 1.00 bits per heavy atom. The lowest BCUT2D eigenvalue weighted by molar-refractivity contribution is 1.36. The number of rotatable bonds is 3. The fourth-order valence-electron chi connectivity index (χ4n) is 1.99. The van der Waals surface area contributed by atoms with Crippen LogP contribution in [0, 0.1) is 6.92 Å². The highest BCUT2D eigenvalue weighted by Gasteiger charge is 2.10. The molecule has 21 heavy (non-hydrogen) atoms. The molecule has 5 heteroatoms. The van der Waals surface area contributed by atoms with Crippen LogP contribution < -0.4 is 5.32 Å². The summed E-state index contributed by atoms with van der Waals surface area (Å²) in [6.07, 6.45) is 0. The third-order valence-electron chi connectivity index (χ3n) is 2.96. The minimum absolute atomic E-state index is 0. The lowest BCUT2D eigenvalue weighted by Gasteiger charge is -2.03. The largest absolute Gasteiger partial charge is 0.330 e. The van der Waals surface area contributed by atoms with Gasteiger partial charge in [0.25, 0.3) is 0 Å². The molecule has 0 aliphatic rings. The summed E-state index contributed by atoms with van der Waals surface area (Å²) in [4.78, 5) is 5.85. The van der Waals surface area contributed by atoms with Crippen molar-refractivity contribution in [3.63, 3.8) is 0 Å². The fraction of sp³-hybridized carbons (Fsp3) is 0.0625. The number of halogens is 2. The zero-order chi connectivity index (χ0) is 13.9. The van der Waals surface area contributed by atoms with E-state index in [1.165, 1.54) is 4.88 Å². The number of benzene rings is 2. The highest BCUT2D eigenvalue weighted by atomic mass is 79.9. The SMILES string of the molecule is Br.Cc1sc(Nc2ccccc2Cl)nc1-c1ccccc1. The third kappa shape index (κ3) is 3.64. The van der Waals surface area contributed by atoms with Crippen LogP contribution >= 0.6 is 39.9 Å². The molecule has 2 aromatic carbocycles. The molecular formula is C16H14BrClN2S. The first-order valence-corrected chi connectivity index (χ1v) is 7.48. The first kappa shape index (κ1) is 16.0. The van der Waals surface area contributed by atoms with E-state index in [0.717, 1.165) is 22.1 Å². The van der Waals surface area contributed by atoms with Crippen LogP contribution in [0.4, 0.5) is 10.8 Å². The van der Waals surface area contributed by atoms with E-state index in [1.807, 2.05) is 42.5 Å². The van der Waals surface area contributed by atoms with Crippen LogP contribution in [-0.2, 0) is 0 Å². The molecule has 3 aromatic rings. The molecule has 0 spiro atoms. The Bertz CT molecular complexity index is 728. The molecule has 0 bridgehead atoms. The lowest BCUT2D eigenvalue weighted by atomic mass is 10.1. The highest BCUT2D eigenvalue weighted by molar-refractivity contribution is 8.93. The zero-order valence-electron chi connectivity index (χ0n) is 11.3. The molecule has 0 aliphatic heterocycles. The van der Waals surface area contributed by atoms with E-state index in [2.05, 4.69) is 29.4 Å². The van der Waals surface area contributed by atoms with E-state index in [0.29, 0.717) is 5.02 Å². The Hall–Kier alpha value is -1.36. The van der Waals surface area contributed by atoms with Gasteiger partial charge in [0.15, 0.2) is 5.13 Å². The van der Waals surface area contributed by atoms with Crippen molar-refractivity contribution in [3.8, 4) is 11.3 Å². The van der Waals surface area contributed by atoms with E-state index in [-0.39, 0.29) is 17.0 Å². The van der Waals surface area contributed by atoms with Gasteiger partial charge in [-0.25, -0.2) is 4.98 Å². The van der Waals surface area contributed by atoms with Gasteiger partial charge in [-0.2, -0.15) is 0 Å². The van der Waals surface area contributed by atoms with Gasteiger partial charge in [0.1, 0.15) is 0 Å². The van der Waals surface area contributed by atoms with Crippen molar-refractivity contribution in [3.05, 3.63) is 64.5 Å². The second kappa shape index (κ2) is 7.07. The van der Waals surface area contributed by atoms with Gasteiger partial charge >= 0.3 is 0 Å². The van der Waals surface area contributed by atoms with E-state index in [1.54, 1.807) is 11.3 Å². The summed E-state index contributed by atoms with van der Waals surface area (Å²) in [7, 11) is 0. The lowest BCUT2D eigenvalue weighted by Crippen LogP contribution is -1.90. The van der Waals surface area contributed by atoms with Gasteiger partial charge in [-0.05, 0) is 19.1 Å². The summed E-state index contributed by atoms with van der Waals surface area (Å²) in [5.41, 5.74) is 3.03. The highest BCUT2D eigenvalue weighted by Crippen LogP contribution is 2.33. The average molecular weight is 382 g/mol. The zero-order valence-corrected chi connectivity index (χ0v) is 14.6. The summed E-state index contributed by atoms with van der Waals surface area (Å²) in [6.45, 7) is 2.08. The molecule has 2 nitrogen and oxygen atoms in total. The van der Waals surface area contributed by atoms with Gasteiger partial charge in [0, 0.05) is 10.4 Å². The van der Waals surface area contributed by atoms with Gasteiger partial charge in [-0.3, -0.25) is 0 Å². The molecule has 0 radical (unpaired) electrons. The van der Waals surface area contributed by atoms with Gasteiger partial charge in [0.05, 0.1) is 16.4 Å². The number of para-hydroxylation sites is 1. The summed E-state index contributed by atoms with van der Waals surface area (Å²) in [5, 5.41) is 4.83. The predicted molar refractivity (Wildman–Crippen MR) is 97.3 cm³/mol. The van der Waals surface area contributed by atoms with Gasteiger partial charge in [-0.1, -0.05) is 54.1 Å². The first-order valence-electron chi connectivity index (χ1n) is 6.28. The summed E-state index contributed by atoms with van der Waals surface area (Å²) in [5.74, 6) is 0. The van der Waals surface area contributed by atoms with Crippen molar-refractivity contribution >= 4 is 50.7 Å². The fourth-order valence-corrected chi connectivity index (χ4v) is 3.02. The molecule has 1 N–H and O–H groups in total. The maximum Gasteiger partial charge on any atom is 0.188 e. The maximum absolute atomic E-state index is 6.15. The molecule has 0 amide bonds. The smallest absolute Gasteiger partial charge is 0.188 e. The number of aryl methyl sites for hydroxylation is 1. The van der Waals surface area contributed by atoms with Crippen molar-refractivity contribution in [1.82, 2.24) is 4.98 Å². The van der Waals surface area contributed by atoms with Crippen LogP contribution in [0.2, 0.25) is 5.02 Å². The number of hydrogen-bond donors (Lipinski definition) is 1. The number of nitrogens with zero attached hydrogens (tertiary/aromatic N) is 1. The topological polar surface area (TPSA) is 24.9 Å². The molecule has 0 fully saturated rings. The second-order valence-electron chi connectivity index (χ2n) is 4.39. The van der Waals surface area contributed by atoms with Gasteiger partial charge in [0.2, 0.25) is 0 Å². The van der Waals surface area contributed by atoms with Crippen molar-refractivity contribution < 1.29 is 0 Å². The molecule has 1 heterocycles. The molecule has 1 aromatic heterocycles. The Morgan fingerprint density at radius 2 is 1.67 bits per heavy atom. The number of nitrogens with one attached hydrogen (secondary N) is 1. The monoisotopic (exact) mass is 380 g/mol. The summed E-state index contributed by atoms with van der Waals surface area (Å²) < 4.78 is 0. The molecule has 0 saturated carbocycles. The normalized spacial score (nSPS) is 10.0. The van der Waals surface area contributed by atoms with E-state index >= 15 is 0 Å². The van der Waals surface area contributed by atoms with E-state index < -0.39 is 0 Å². The number of anilines is 2. The number of hydrogen-bond acceptors (Lipinski definition) is 3. The minimum Gasteiger partial charge on any atom is -0.330 e. The molecule has 3 rings (SSSR count). The van der Waals surface area contributed by atoms with Crippen molar-refractivity contribution in [1.29, 1.82) is 0 Å². The van der Waals surface area contributed by atoms with Gasteiger partial charge < -0.3 is 5.32 Å². The predicted octanol–water partition coefficient (Wildman–Crippen LogP) is 6.09. The molecule has 0 atom stereocenters. The number of aromatic nitrogens is 1. The molecular weight excluding hydrogens is 368 g/mol. The quantitative estimate of drug-likeness (QED) is 0.593. The van der Waals surface area contributed by atoms with Crippen molar-refractivity contribution in [2.45, 2.75) is 6.92 Å². The Morgan fingerprint density at radius 3 is 2.38 bits per heavy atom. The number of thiazole rings is 1. The van der Waals surface area contributed by atoms with E-state index in [4.69, 9.17) is 11.6 Å². The van der Waals surface area contributed by atoms with Crippen LogP contribution in [-0.4, -0.2) is 4.98 Å². The molecule has 108 valence electrons. The van der Waals surface area contributed by atoms with Crippen LogP contribution in [0.15, 0.2) is 54.6 Å². The Kier molecular flexibility index (Phi) is 5.39. The molecule has 0 saturated heterocycles. The summed E-state index contributed by atoms with van der Waals surface area (Å²) in [6, 6.07) is 17.9. The van der Waals surface area contributed by atoms with Crippen LogP contribution in [0.1, 0.15) is 4.88 Å². The van der Waals surface area contributed by atoms with Crippen LogP contribution in [0.25, 0.3) is 11.3 Å². The van der Waals surface area contributed by atoms with Crippen LogP contribution in [0.5, 0.6) is 0 Å².